The zero-order chi connectivity index (χ0) is 13.7. The average Bonchev–Trinajstić information content (AvgIpc) is 2.40. The van der Waals surface area contributed by atoms with Crippen molar-refractivity contribution in [3.63, 3.8) is 0 Å². The lowest BCUT2D eigenvalue weighted by atomic mass is 10.0. The fourth-order valence-electron chi connectivity index (χ4n) is 2.48. The molecule has 0 bridgehead atoms. The first-order valence-corrected chi connectivity index (χ1v) is 8.21. The van der Waals surface area contributed by atoms with E-state index in [0.717, 1.165) is 17.4 Å². The molecule has 1 aliphatic carbocycles. The van der Waals surface area contributed by atoms with E-state index in [1.165, 1.54) is 37.0 Å². The summed E-state index contributed by atoms with van der Waals surface area (Å²) in [6.07, 6.45) is 6.68. The molecule has 0 atom stereocenters. The van der Waals surface area contributed by atoms with Gasteiger partial charge in [-0.2, -0.15) is 0 Å². The van der Waals surface area contributed by atoms with Crippen LogP contribution in [0.5, 0.6) is 0 Å². The number of halogens is 1. The molecule has 1 saturated carbocycles. The maximum absolute atomic E-state index is 13.4. The Hall–Kier alpha value is -0.540. The Bertz CT molecular complexity index is 400. The molecule has 0 aliphatic heterocycles. The number of rotatable bonds is 5. The first kappa shape index (κ1) is 14.9. The number of nitrogens with one attached hydrogen (secondary N) is 1. The van der Waals surface area contributed by atoms with Crippen molar-refractivity contribution >= 4 is 11.8 Å². The fourth-order valence-corrected chi connectivity index (χ4v) is 3.83. The van der Waals surface area contributed by atoms with Gasteiger partial charge in [-0.15, -0.1) is 11.8 Å². The molecule has 0 heterocycles. The smallest absolute Gasteiger partial charge is 0.123 e. The molecule has 0 aromatic heterocycles. The van der Waals surface area contributed by atoms with Crippen LogP contribution in [0.15, 0.2) is 23.1 Å². The summed E-state index contributed by atoms with van der Waals surface area (Å²) in [5.41, 5.74) is 1.10. The second-order valence-electron chi connectivity index (χ2n) is 5.67. The number of benzene rings is 1. The number of thioether (sulfide) groups is 1. The Balaban J connectivity index is 2.04. The largest absolute Gasteiger partial charge is 0.310 e. The molecule has 0 unspecified atom stereocenters. The van der Waals surface area contributed by atoms with E-state index >= 15 is 0 Å². The molecule has 1 aromatic rings. The van der Waals surface area contributed by atoms with Crippen molar-refractivity contribution in [3.05, 3.63) is 29.6 Å². The minimum atomic E-state index is -0.131. The molecule has 1 N–H and O–H groups in total. The van der Waals surface area contributed by atoms with Crippen LogP contribution in [0, 0.1) is 5.82 Å². The monoisotopic (exact) mass is 281 g/mol. The zero-order valence-corrected chi connectivity index (χ0v) is 12.7. The van der Waals surface area contributed by atoms with Gasteiger partial charge in [0.1, 0.15) is 5.82 Å². The lowest BCUT2D eigenvalue weighted by molar-refractivity contribution is 0.515. The van der Waals surface area contributed by atoms with Gasteiger partial charge in [0, 0.05) is 22.7 Å². The van der Waals surface area contributed by atoms with Gasteiger partial charge in [0.05, 0.1) is 0 Å². The fraction of sp³-hybridized carbons (Fsp3) is 0.625. The van der Waals surface area contributed by atoms with Crippen molar-refractivity contribution in [2.24, 2.45) is 0 Å². The Labute approximate surface area is 120 Å². The quantitative estimate of drug-likeness (QED) is 0.836. The Morgan fingerprint density at radius 2 is 2.00 bits per heavy atom. The third-order valence-electron chi connectivity index (χ3n) is 3.57. The molecular formula is C16H24FNS. The topological polar surface area (TPSA) is 12.0 Å². The third-order valence-corrected chi connectivity index (χ3v) is 5.03. The van der Waals surface area contributed by atoms with Crippen LogP contribution < -0.4 is 5.32 Å². The predicted octanol–water partition coefficient (Wildman–Crippen LogP) is 4.75. The molecule has 3 heteroatoms. The lowest BCUT2D eigenvalue weighted by Crippen LogP contribution is -2.22. The molecule has 2 rings (SSSR count). The Morgan fingerprint density at radius 3 is 2.68 bits per heavy atom. The van der Waals surface area contributed by atoms with Crippen molar-refractivity contribution in [1.29, 1.82) is 0 Å². The molecule has 0 spiro atoms. The van der Waals surface area contributed by atoms with Gasteiger partial charge in [-0.1, -0.05) is 33.1 Å². The molecule has 1 aliphatic rings. The van der Waals surface area contributed by atoms with E-state index in [1.54, 1.807) is 12.1 Å². The van der Waals surface area contributed by atoms with Gasteiger partial charge in [-0.05, 0) is 36.6 Å². The van der Waals surface area contributed by atoms with E-state index in [1.807, 2.05) is 17.8 Å². The van der Waals surface area contributed by atoms with Crippen LogP contribution in [-0.2, 0) is 6.54 Å². The van der Waals surface area contributed by atoms with E-state index in [4.69, 9.17) is 0 Å². The van der Waals surface area contributed by atoms with E-state index in [9.17, 15) is 4.39 Å². The minimum Gasteiger partial charge on any atom is -0.310 e. The molecule has 1 aromatic carbocycles. The van der Waals surface area contributed by atoms with Gasteiger partial charge in [0.15, 0.2) is 0 Å². The summed E-state index contributed by atoms with van der Waals surface area (Å²) in [5, 5.41) is 4.11. The maximum atomic E-state index is 13.4. The third kappa shape index (κ3) is 4.81. The van der Waals surface area contributed by atoms with E-state index in [2.05, 4.69) is 19.2 Å². The molecule has 0 radical (unpaired) electrons. The standard InChI is InChI=1S/C16H24FNS/c1-12(2)18-11-13-10-14(17)8-9-16(13)19-15-6-4-3-5-7-15/h8-10,12,15,18H,3-7,11H2,1-2H3. The second kappa shape index (κ2) is 7.30. The molecule has 1 fully saturated rings. The Morgan fingerprint density at radius 1 is 1.26 bits per heavy atom. The van der Waals surface area contributed by atoms with Gasteiger partial charge >= 0.3 is 0 Å². The van der Waals surface area contributed by atoms with Gasteiger partial charge in [-0.3, -0.25) is 0 Å². The highest BCUT2D eigenvalue weighted by Crippen LogP contribution is 2.35. The number of hydrogen-bond donors (Lipinski definition) is 1. The van der Waals surface area contributed by atoms with Crippen molar-refractivity contribution in [3.8, 4) is 0 Å². The predicted molar refractivity (Wildman–Crippen MR) is 81.1 cm³/mol. The highest BCUT2D eigenvalue weighted by Gasteiger charge is 2.16. The van der Waals surface area contributed by atoms with Crippen molar-refractivity contribution in [2.45, 2.75) is 68.7 Å². The zero-order valence-electron chi connectivity index (χ0n) is 11.9. The van der Waals surface area contributed by atoms with E-state index in [-0.39, 0.29) is 5.82 Å². The van der Waals surface area contributed by atoms with Crippen LogP contribution in [0.1, 0.15) is 51.5 Å². The van der Waals surface area contributed by atoms with Crippen LogP contribution in [0.3, 0.4) is 0 Å². The SMILES string of the molecule is CC(C)NCc1cc(F)ccc1SC1CCCCC1. The van der Waals surface area contributed by atoms with Crippen LogP contribution in [-0.4, -0.2) is 11.3 Å². The van der Waals surface area contributed by atoms with Crippen LogP contribution in [0.2, 0.25) is 0 Å². The molecule has 0 saturated heterocycles. The highest BCUT2D eigenvalue weighted by molar-refractivity contribution is 8.00. The summed E-state index contributed by atoms with van der Waals surface area (Å²) in [6.45, 7) is 4.99. The van der Waals surface area contributed by atoms with Crippen molar-refractivity contribution < 1.29 is 4.39 Å². The summed E-state index contributed by atoms with van der Waals surface area (Å²) in [7, 11) is 0. The van der Waals surface area contributed by atoms with Crippen molar-refractivity contribution in [1.82, 2.24) is 5.32 Å². The van der Waals surface area contributed by atoms with Gasteiger partial charge in [-0.25, -0.2) is 4.39 Å². The second-order valence-corrected chi connectivity index (χ2v) is 7.01. The minimum absolute atomic E-state index is 0.131. The summed E-state index contributed by atoms with van der Waals surface area (Å²) >= 11 is 1.94. The molecule has 0 amide bonds. The van der Waals surface area contributed by atoms with E-state index < -0.39 is 0 Å². The summed E-state index contributed by atoms with van der Waals surface area (Å²) in [4.78, 5) is 1.25. The van der Waals surface area contributed by atoms with Crippen LogP contribution in [0.25, 0.3) is 0 Å². The Kier molecular flexibility index (Phi) is 5.71. The lowest BCUT2D eigenvalue weighted by Gasteiger charge is -2.22. The summed E-state index contributed by atoms with van der Waals surface area (Å²) in [6, 6.07) is 5.65. The van der Waals surface area contributed by atoms with Crippen LogP contribution in [0.4, 0.5) is 4.39 Å². The first-order valence-electron chi connectivity index (χ1n) is 7.33. The molecular weight excluding hydrogens is 257 g/mol. The van der Waals surface area contributed by atoms with Crippen LogP contribution >= 0.6 is 11.8 Å². The number of hydrogen-bond acceptors (Lipinski definition) is 2. The van der Waals surface area contributed by atoms with Gasteiger partial charge in [0.25, 0.3) is 0 Å². The van der Waals surface area contributed by atoms with Crippen molar-refractivity contribution in [2.75, 3.05) is 0 Å². The van der Waals surface area contributed by atoms with Gasteiger partial charge < -0.3 is 5.32 Å². The average molecular weight is 281 g/mol. The molecule has 106 valence electrons. The molecule has 19 heavy (non-hydrogen) atoms. The summed E-state index contributed by atoms with van der Waals surface area (Å²) < 4.78 is 13.4. The highest BCUT2D eigenvalue weighted by atomic mass is 32.2. The summed E-state index contributed by atoms with van der Waals surface area (Å²) in [5.74, 6) is -0.131. The van der Waals surface area contributed by atoms with E-state index in [0.29, 0.717) is 6.04 Å². The molecule has 1 nitrogen and oxygen atoms in total. The maximum Gasteiger partial charge on any atom is 0.123 e. The normalized spacial score (nSPS) is 17.1. The first-order chi connectivity index (χ1) is 9.15. The van der Waals surface area contributed by atoms with Gasteiger partial charge in [0.2, 0.25) is 0 Å².